The van der Waals surface area contributed by atoms with Crippen molar-refractivity contribution in [3.63, 3.8) is 0 Å². The molecule has 0 saturated carbocycles. The van der Waals surface area contributed by atoms with Crippen LogP contribution < -0.4 is 0 Å². The van der Waals surface area contributed by atoms with Crippen LogP contribution in [0.25, 0.3) is 0 Å². The lowest BCUT2D eigenvalue weighted by Crippen LogP contribution is -2.54. The second-order valence-electron chi connectivity index (χ2n) is 3.86. The molecule has 2 heterocycles. The minimum atomic E-state index is -0.664. The van der Waals surface area contributed by atoms with Crippen LogP contribution in [0.2, 0.25) is 0 Å². The Hall–Kier alpha value is -0.0500. The quantitative estimate of drug-likeness (QED) is 0.459. The maximum atomic E-state index is 9.83. The van der Waals surface area contributed by atoms with Gasteiger partial charge in [0.1, 0.15) is 0 Å². The smallest absolute Gasteiger partial charge is 0.0979 e. The predicted octanol–water partition coefficient (Wildman–Crippen LogP) is 1.32. The van der Waals surface area contributed by atoms with Gasteiger partial charge in [0, 0.05) is 5.92 Å². The molecule has 1 saturated heterocycles. The summed E-state index contributed by atoms with van der Waals surface area (Å²) in [6, 6.07) is 0. The van der Waals surface area contributed by atoms with Crippen LogP contribution in [-0.4, -0.2) is 28.3 Å². The fraction of sp³-hybridized carbons (Fsp3) is 0.778. The first-order chi connectivity index (χ1) is 5.53. The highest BCUT2D eigenvalue weighted by Gasteiger charge is 2.51. The first-order valence-electron chi connectivity index (χ1n) is 4.24. The molecule has 0 aromatic heterocycles. The van der Waals surface area contributed by atoms with Crippen LogP contribution >= 0.6 is 11.6 Å². The van der Waals surface area contributed by atoms with Gasteiger partial charge in [-0.15, -0.1) is 11.6 Å². The minimum Gasteiger partial charge on any atom is -0.391 e. The molecule has 0 aliphatic carbocycles. The first-order valence-corrected chi connectivity index (χ1v) is 4.62. The van der Waals surface area contributed by atoms with Crippen molar-refractivity contribution in [2.45, 2.75) is 37.0 Å². The van der Waals surface area contributed by atoms with Crippen molar-refractivity contribution in [2.24, 2.45) is 5.92 Å². The van der Waals surface area contributed by atoms with Crippen molar-refractivity contribution in [1.82, 2.24) is 0 Å². The van der Waals surface area contributed by atoms with E-state index in [1.807, 2.05) is 26.0 Å². The molecule has 2 aliphatic heterocycles. The van der Waals surface area contributed by atoms with Gasteiger partial charge in [-0.05, 0) is 6.92 Å². The first kappa shape index (κ1) is 8.54. The zero-order chi connectivity index (χ0) is 8.93. The standard InChI is InChI=1S/C9H13ClO2/c1-5-6-3-4-7(12-6)9(2,10)8(5)11/h3-8,11H,1-2H3/t5-,6+,7-,8-,9+/m0/s1. The summed E-state index contributed by atoms with van der Waals surface area (Å²) in [5.41, 5.74) is 0. The van der Waals surface area contributed by atoms with Crippen LogP contribution in [0.15, 0.2) is 12.2 Å². The van der Waals surface area contributed by atoms with Crippen molar-refractivity contribution in [3.05, 3.63) is 12.2 Å². The van der Waals surface area contributed by atoms with Gasteiger partial charge in [0.15, 0.2) is 0 Å². The van der Waals surface area contributed by atoms with E-state index in [1.165, 1.54) is 0 Å². The van der Waals surface area contributed by atoms with Crippen molar-refractivity contribution in [3.8, 4) is 0 Å². The Morgan fingerprint density at radius 1 is 1.50 bits per heavy atom. The number of hydrogen-bond donors (Lipinski definition) is 1. The summed E-state index contributed by atoms with van der Waals surface area (Å²) in [4.78, 5) is -0.664. The highest BCUT2D eigenvalue weighted by atomic mass is 35.5. The lowest BCUT2D eigenvalue weighted by molar-refractivity contribution is -0.104. The Bertz CT molecular complexity index is 225. The van der Waals surface area contributed by atoms with Gasteiger partial charge in [0.05, 0.1) is 23.2 Å². The molecule has 2 bridgehead atoms. The average Bonchev–Trinajstić information content (AvgIpc) is 2.46. The maximum absolute atomic E-state index is 9.83. The molecular formula is C9H13ClO2. The highest BCUT2D eigenvalue weighted by molar-refractivity contribution is 6.24. The van der Waals surface area contributed by atoms with Crippen molar-refractivity contribution < 1.29 is 9.84 Å². The van der Waals surface area contributed by atoms with Crippen LogP contribution in [0.5, 0.6) is 0 Å². The van der Waals surface area contributed by atoms with Gasteiger partial charge in [0.2, 0.25) is 0 Å². The van der Waals surface area contributed by atoms with Crippen LogP contribution in [0, 0.1) is 5.92 Å². The molecule has 1 N–H and O–H groups in total. The van der Waals surface area contributed by atoms with Crippen molar-refractivity contribution >= 4 is 11.6 Å². The Balaban J connectivity index is 2.32. The summed E-state index contributed by atoms with van der Waals surface area (Å²) in [7, 11) is 0. The number of hydrogen-bond acceptors (Lipinski definition) is 2. The molecule has 5 atom stereocenters. The molecule has 1 fully saturated rings. The van der Waals surface area contributed by atoms with Crippen LogP contribution in [-0.2, 0) is 4.74 Å². The fourth-order valence-electron chi connectivity index (χ4n) is 1.95. The Labute approximate surface area is 77.2 Å². The fourth-order valence-corrected chi connectivity index (χ4v) is 2.28. The summed E-state index contributed by atoms with van der Waals surface area (Å²) < 4.78 is 5.59. The molecule has 0 spiro atoms. The lowest BCUT2D eigenvalue weighted by atomic mass is 9.85. The maximum Gasteiger partial charge on any atom is 0.0979 e. The molecule has 0 radical (unpaired) electrons. The third-order valence-electron chi connectivity index (χ3n) is 2.93. The van der Waals surface area contributed by atoms with Gasteiger partial charge in [-0.3, -0.25) is 0 Å². The number of fused-ring (bicyclic) bond motifs is 2. The Morgan fingerprint density at radius 2 is 2.17 bits per heavy atom. The van der Waals surface area contributed by atoms with Gasteiger partial charge in [0.25, 0.3) is 0 Å². The van der Waals surface area contributed by atoms with E-state index >= 15 is 0 Å². The van der Waals surface area contributed by atoms with E-state index in [4.69, 9.17) is 16.3 Å². The van der Waals surface area contributed by atoms with Crippen molar-refractivity contribution in [2.75, 3.05) is 0 Å². The average molecular weight is 189 g/mol. The topological polar surface area (TPSA) is 29.5 Å². The number of aliphatic hydroxyl groups excluding tert-OH is 1. The molecule has 68 valence electrons. The Morgan fingerprint density at radius 3 is 2.83 bits per heavy atom. The molecule has 2 aliphatic rings. The van der Waals surface area contributed by atoms with E-state index in [9.17, 15) is 5.11 Å². The van der Waals surface area contributed by atoms with E-state index in [0.717, 1.165) is 0 Å². The third-order valence-corrected chi connectivity index (χ3v) is 3.37. The normalized spacial score (nSPS) is 57.7. The van der Waals surface area contributed by atoms with E-state index < -0.39 is 11.0 Å². The molecule has 3 heteroatoms. The SMILES string of the molecule is C[C@H]1[C@H]2C=C[C@H](O2)[C@@](C)(Cl)[C@H]1O. The largest absolute Gasteiger partial charge is 0.391 e. The Kier molecular flexibility index (Phi) is 1.76. The zero-order valence-corrected chi connectivity index (χ0v) is 7.95. The summed E-state index contributed by atoms with van der Waals surface area (Å²) in [6.07, 6.45) is 3.38. The van der Waals surface area contributed by atoms with E-state index in [0.29, 0.717) is 0 Å². The molecule has 0 amide bonds. The summed E-state index contributed by atoms with van der Waals surface area (Å²) in [6.45, 7) is 3.79. The molecule has 2 rings (SSSR count). The van der Waals surface area contributed by atoms with E-state index in [1.54, 1.807) is 0 Å². The number of ether oxygens (including phenoxy) is 1. The summed E-state index contributed by atoms with van der Waals surface area (Å²) in [5, 5.41) is 9.83. The van der Waals surface area contributed by atoms with Crippen molar-refractivity contribution in [1.29, 1.82) is 0 Å². The van der Waals surface area contributed by atoms with E-state index in [2.05, 4.69) is 0 Å². The van der Waals surface area contributed by atoms with Gasteiger partial charge < -0.3 is 9.84 Å². The minimum absolute atomic E-state index is 0.0526. The molecule has 0 aromatic rings. The number of halogens is 1. The highest BCUT2D eigenvalue weighted by Crippen LogP contribution is 2.42. The van der Waals surface area contributed by atoms with Gasteiger partial charge >= 0.3 is 0 Å². The summed E-state index contributed by atoms with van der Waals surface area (Å²) in [5.74, 6) is 0.0856. The van der Waals surface area contributed by atoms with Gasteiger partial charge in [-0.25, -0.2) is 0 Å². The number of aliphatic hydroxyl groups is 1. The monoisotopic (exact) mass is 188 g/mol. The summed E-state index contributed by atoms with van der Waals surface area (Å²) >= 11 is 6.18. The number of rotatable bonds is 0. The lowest BCUT2D eigenvalue weighted by Gasteiger charge is -2.42. The van der Waals surface area contributed by atoms with Crippen LogP contribution in [0.3, 0.4) is 0 Å². The molecule has 12 heavy (non-hydrogen) atoms. The van der Waals surface area contributed by atoms with E-state index in [-0.39, 0.29) is 18.1 Å². The second-order valence-corrected chi connectivity index (χ2v) is 4.68. The third kappa shape index (κ3) is 0.951. The zero-order valence-electron chi connectivity index (χ0n) is 7.20. The number of alkyl halides is 1. The van der Waals surface area contributed by atoms with Gasteiger partial charge in [-0.2, -0.15) is 0 Å². The van der Waals surface area contributed by atoms with Crippen LogP contribution in [0.4, 0.5) is 0 Å². The van der Waals surface area contributed by atoms with Crippen LogP contribution in [0.1, 0.15) is 13.8 Å². The molecule has 2 nitrogen and oxygen atoms in total. The predicted molar refractivity (Wildman–Crippen MR) is 47.2 cm³/mol. The molecule has 0 aromatic carbocycles. The van der Waals surface area contributed by atoms with Gasteiger partial charge in [-0.1, -0.05) is 19.1 Å². The molecule has 0 unspecified atom stereocenters. The molecular weight excluding hydrogens is 176 g/mol. The second kappa shape index (κ2) is 2.47.